The van der Waals surface area contributed by atoms with E-state index in [2.05, 4.69) is 10.1 Å². The van der Waals surface area contributed by atoms with Crippen molar-refractivity contribution >= 4 is 29.2 Å². The second-order valence-corrected chi connectivity index (χ2v) is 7.31. The molecule has 1 fully saturated rings. The maximum atomic E-state index is 12.4. The van der Waals surface area contributed by atoms with Gasteiger partial charge in [0.25, 0.3) is 5.89 Å². The van der Waals surface area contributed by atoms with Crippen molar-refractivity contribution in [1.29, 1.82) is 0 Å². The Morgan fingerprint density at radius 3 is 2.83 bits per heavy atom. The number of rotatable bonds is 5. The molecule has 0 spiro atoms. The van der Waals surface area contributed by atoms with E-state index in [1.165, 1.54) is 0 Å². The molecule has 0 aliphatic carbocycles. The SMILES string of the molecule is Cc1ccc(N2C[C@H](C(=O)OCc3nc(-c4cccc(Cl)c4)no3)CC2=O)cc1. The highest BCUT2D eigenvalue weighted by atomic mass is 35.5. The molecule has 1 amide bonds. The minimum absolute atomic E-state index is 0.100. The molecule has 0 bridgehead atoms. The lowest BCUT2D eigenvalue weighted by molar-refractivity contribution is -0.150. The zero-order valence-electron chi connectivity index (χ0n) is 15.7. The number of aromatic nitrogens is 2. The summed E-state index contributed by atoms with van der Waals surface area (Å²) in [7, 11) is 0. The molecule has 7 nitrogen and oxygen atoms in total. The number of aryl methyl sites for hydroxylation is 1. The van der Waals surface area contributed by atoms with Crippen molar-refractivity contribution in [3.05, 3.63) is 65.0 Å². The van der Waals surface area contributed by atoms with Gasteiger partial charge in [-0.2, -0.15) is 4.98 Å². The van der Waals surface area contributed by atoms with E-state index in [4.69, 9.17) is 20.9 Å². The van der Waals surface area contributed by atoms with E-state index in [-0.39, 0.29) is 24.8 Å². The normalized spacial score (nSPS) is 16.3. The summed E-state index contributed by atoms with van der Waals surface area (Å²) in [6, 6.07) is 14.7. The maximum absolute atomic E-state index is 12.4. The van der Waals surface area contributed by atoms with E-state index in [1.807, 2.05) is 31.2 Å². The Balaban J connectivity index is 1.36. The first-order valence-electron chi connectivity index (χ1n) is 9.12. The standard InChI is InChI=1S/C21H18ClN3O4/c1-13-5-7-17(8-6-13)25-11-15(10-19(25)26)21(27)28-12-18-23-20(24-29-18)14-3-2-4-16(22)9-14/h2-9,15H,10-12H2,1H3/t15-/m1/s1. The number of benzene rings is 2. The van der Waals surface area contributed by atoms with Crippen molar-refractivity contribution in [3.8, 4) is 11.4 Å². The van der Waals surface area contributed by atoms with E-state index >= 15 is 0 Å². The quantitative estimate of drug-likeness (QED) is 0.594. The lowest BCUT2D eigenvalue weighted by Crippen LogP contribution is -2.26. The predicted molar refractivity (Wildman–Crippen MR) is 106 cm³/mol. The summed E-state index contributed by atoms with van der Waals surface area (Å²) in [6.07, 6.45) is 0.115. The van der Waals surface area contributed by atoms with Crippen molar-refractivity contribution in [3.63, 3.8) is 0 Å². The number of halogens is 1. The zero-order chi connectivity index (χ0) is 20.4. The van der Waals surface area contributed by atoms with Gasteiger partial charge in [0.2, 0.25) is 11.7 Å². The van der Waals surface area contributed by atoms with Crippen LogP contribution in [0.1, 0.15) is 17.9 Å². The lowest BCUT2D eigenvalue weighted by Gasteiger charge is -2.16. The van der Waals surface area contributed by atoms with Crippen molar-refractivity contribution in [1.82, 2.24) is 10.1 Å². The molecule has 1 aliphatic rings. The summed E-state index contributed by atoms with van der Waals surface area (Å²) in [4.78, 5) is 30.5. The molecule has 148 valence electrons. The summed E-state index contributed by atoms with van der Waals surface area (Å²) in [5.74, 6) is -0.556. The van der Waals surface area contributed by atoms with E-state index in [0.717, 1.165) is 11.3 Å². The van der Waals surface area contributed by atoms with Crippen molar-refractivity contribution < 1.29 is 18.8 Å². The third-order valence-electron chi connectivity index (χ3n) is 4.69. The van der Waals surface area contributed by atoms with Gasteiger partial charge in [-0.25, -0.2) is 0 Å². The molecular weight excluding hydrogens is 394 g/mol. The third kappa shape index (κ3) is 4.30. The van der Waals surface area contributed by atoms with Gasteiger partial charge in [0.1, 0.15) is 0 Å². The van der Waals surface area contributed by atoms with Crippen LogP contribution in [0, 0.1) is 12.8 Å². The summed E-state index contributed by atoms with van der Waals surface area (Å²) < 4.78 is 10.4. The largest absolute Gasteiger partial charge is 0.455 e. The van der Waals surface area contributed by atoms with Gasteiger partial charge in [0, 0.05) is 29.2 Å². The first kappa shape index (κ1) is 19.1. The zero-order valence-corrected chi connectivity index (χ0v) is 16.4. The number of esters is 1. The smallest absolute Gasteiger partial charge is 0.311 e. The Kier molecular flexibility index (Phi) is 5.31. The fourth-order valence-corrected chi connectivity index (χ4v) is 3.34. The number of nitrogens with zero attached hydrogens (tertiary/aromatic N) is 3. The number of hydrogen-bond donors (Lipinski definition) is 0. The fraction of sp³-hybridized carbons (Fsp3) is 0.238. The van der Waals surface area contributed by atoms with Crippen molar-refractivity contribution in [2.75, 3.05) is 11.4 Å². The first-order valence-corrected chi connectivity index (χ1v) is 9.49. The molecule has 2 aromatic carbocycles. The molecule has 0 saturated carbocycles. The molecule has 1 atom stereocenters. The monoisotopic (exact) mass is 411 g/mol. The van der Waals surface area contributed by atoms with Crippen LogP contribution in [0.3, 0.4) is 0 Å². The number of amides is 1. The Bertz CT molecular complexity index is 1050. The first-order chi connectivity index (χ1) is 14.0. The van der Waals surface area contributed by atoms with Gasteiger partial charge < -0.3 is 14.2 Å². The third-order valence-corrected chi connectivity index (χ3v) is 4.93. The van der Waals surface area contributed by atoms with E-state index < -0.39 is 11.9 Å². The second-order valence-electron chi connectivity index (χ2n) is 6.87. The highest BCUT2D eigenvalue weighted by Gasteiger charge is 2.36. The van der Waals surface area contributed by atoms with Gasteiger partial charge in [-0.15, -0.1) is 0 Å². The summed E-state index contributed by atoms with van der Waals surface area (Å²) in [5.41, 5.74) is 2.58. The van der Waals surface area contributed by atoms with Crippen LogP contribution in [0.15, 0.2) is 53.1 Å². The average Bonchev–Trinajstić information content (AvgIpc) is 3.34. The molecule has 29 heavy (non-hydrogen) atoms. The van der Waals surface area contributed by atoms with Gasteiger partial charge >= 0.3 is 5.97 Å². The molecule has 8 heteroatoms. The summed E-state index contributed by atoms with van der Waals surface area (Å²) in [6.45, 7) is 2.12. The topological polar surface area (TPSA) is 85.5 Å². The van der Waals surface area contributed by atoms with Gasteiger partial charge in [0.15, 0.2) is 6.61 Å². The summed E-state index contributed by atoms with van der Waals surface area (Å²) in [5, 5.41) is 4.44. The van der Waals surface area contributed by atoms with Crippen LogP contribution in [0.4, 0.5) is 5.69 Å². The van der Waals surface area contributed by atoms with Crippen LogP contribution in [-0.4, -0.2) is 28.6 Å². The lowest BCUT2D eigenvalue weighted by atomic mass is 10.1. The molecule has 1 aromatic heterocycles. The van der Waals surface area contributed by atoms with E-state index in [9.17, 15) is 9.59 Å². The van der Waals surface area contributed by atoms with Crippen LogP contribution in [0.2, 0.25) is 5.02 Å². The van der Waals surface area contributed by atoms with Crippen LogP contribution in [-0.2, 0) is 20.9 Å². The minimum atomic E-state index is -0.529. The number of ether oxygens (including phenoxy) is 1. The predicted octanol–water partition coefficient (Wildman–Crippen LogP) is 3.79. The molecule has 3 aromatic rings. The van der Waals surface area contributed by atoms with Crippen LogP contribution in [0.25, 0.3) is 11.4 Å². The van der Waals surface area contributed by atoms with Crippen LogP contribution < -0.4 is 4.90 Å². The van der Waals surface area contributed by atoms with Crippen LogP contribution in [0.5, 0.6) is 0 Å². The molecule has 1 saturated heterocycles. The van der Waals surface area contributed by atoms with Crippen LogP contribution >= 0.6 is 11.6 Å². The highest BCUT2D eigenvalue weighted by Crippen LogP contribution is 2.26. The average molecular weight is 412 g/mol. The Morgan fingerprint density at radius 1 is 1.28 bits per heavy atom. The van der Waals surface area contributed by atoms with Crippen molar-refractivity contribution in [2.45, 2.75) is 20.0 Å². The molecule has 0 N–H and O–H groups in total. The van der Waals surface area contributed by atoms with E-state index in [1.54, 1.807) is 29.2 Å². The minimum Gasteiger partial charge on any atom is -0.455 e. The number of carbonyl (C=O) groups excluding carboxylic acids is 2. The fourth-order valence-electron chi connectivity index (χ4n) is 3.15. The molecule has 0 radical (unpaired) electrons. The molecule has 2 heterocycles. The number of hydrogen-bond acceptors (Lipinski definition) is 6. The van der Waals surface area contributed by atoms with Crippen molar-refractivity contribution in [2.24, 2.45) is 5.92 Å². The molecule has 1 aliphatic heterocycles. The summed E-state index contributed by atoms with van der Waals surface area (Å²) >= 11 is 5.97. The second kappa shape index (κ2) is 8.05. The Labute approximate surface area is 172 Å². The Hall–Kier alpha value is -3.19. The Morgan fingerprint density at radius 2 is 2.07 bits per heavy atom. The van der Waals surface area contributed by atoms with Gasteiger partial charge in [-0.1, -0.05) is 46.6 Å². The van der Waals surface area contributed by atoms with Gasteiger partial charge in [-0.05, 0) is 31.2 Å². The number of carbonyl (C=O) groups is 2. The number of anilines is 1. The van der Waals surface area contributed by atoms with Gasteiger partial charge in [0.05, 0.1) is 5.92 Å². The highest BCUT2D eigenvalue weighted by molar-refractivity contribution is 6.30. The van der Waals surface area contributed by atoms with E-state index in [0.29, 0.717) is 23.0 Å². The maximum Gasteiger partial charge on any atom is 0.311 e. The molecule has 4 rings (SSSR count). The molecule has 0 unspecified atom stereocenters. The van der Waals surface area contributed by atoms with Gasteiger partial charge in [-0.3, -0.25) is 9.59 Å². The molecular formula is C21H18ClN3O4.